The van der Waals surface area contributed by atoms with Gasteiger partial charge in [-0.25, -0.2) is 0 Å². The zero-order valence-electron chi connectivity index (χ0n) is 12.9. The Bertz CT molecular complexity index is 723. The Morgan fingerprint density at radius 3 is 2.41 bits per heavy atom. The molecule has 1 aliphatic rings. The number of Topliss-reactive ketones (excluding diaryl/α,β-unsaturated/α-hetero) is 1. The molecule has 3 heteroatoms. The third kappa shape index (κ3) is 2.13. The highest BCUT2D eigenvalue weighted by atomic mass is 16.2. The van der Waals surface area contributed by atoms with E-state index in [1.165, 1.54) is 0 Å². The van der Waals surface area contributed by atoms with E-state index >= 15 is 0 Å². The molecule has 0 saturated carbocycles. The molecule has 1 atom stereocenters. The molecule has 0 aliphatic carbocycles. The van der Waals surface area contributed by atoms with Crippen molar-refractivity contribution in [3.8, 4) is 0 Å². The summed E-state index contributed by atoms with van der Waals surface area (Å²) in [6, 6.07) is 16.9. The molecular weight excluding hydrogens is 274 g/mol. The molecule has 1 heterocycles. The van der Waals surface area contributed by atoms with E-state index in [9.17, 15) is 9.59 Å². The molecule has 0 N–H and O–H groups in total. The topological polar surface area (TPSA) is 37.4 Å². The van der Waals surface area contributed by atoms with Gasteiger partial charge >= 0.3 is 0 Å². The van der Waals surface area contributed by atoms with Gasteiger partial charge in [0.25, 0.3) is 0 Å². The van der Waals surface area contributed by atoms with Gasteiger partial charge in [0.2, 0.25) is 5.91 Å². The zero-order valence-corrected chi connectivity index (χ0v) is 12.9. The standard InChI is InChI=1S/C19H19NO2/c1-3-20-16-12-8-7-11-15(16)13-19(2,18(20)22)17(21)14-9-5-4-6-10-14/h4-12H,3,13H2,1-2H3. The van der Waals surface area contributed by atoms with Crippen molar-refractivity contribution in [2.24, 2.45) is 5.41 Å². The van der Waals surface area contributed by atoms with Crippen molar-refractivity contribution in [1.29, 1.82) is 0 Å². The minimum atomic E-state index is -1.04. The van der Waals surface area contributed by atoms with Gasteiger partial charge in [-0.15, -0.1) is 0 Å². The Labute approximate surface area is 130 Å². The predicted molar refractivity (Wildman–Crippen MR) is 87.1 cm³/mol. The number of nitrogens with zero attached hydrogens (tertiary/aromatic N) is 1. The van der Waals surface area contributed by atoms with Crippen molar-refractivity contribution in [2.45, 2.75) is 20.3 Å². The Kier molecular flexibility index (Phi) is 3.57. The number of hydrogen-bond acceptors (Lipinski definition) is 2. The third-order valence-electron chi connectivity index (χ3n) is 4.40. The summed E-state index contributed by atoms with van der Waals surface area (Å²) in [5.74, 6) is -0.214. The lowest BCUT2D eigenvalue weighted by atomic mass is 9.73. The Morgan fingerprint density at radius 1 is 1.09 bits per heavy atom. The van der Waals surface area contributed by atoms with Crippen LogP contribution in [0.5, 0.6) is 0 Å². The predicted octanol–water partition coefficient (Wildman–Crippen LogP) is 3.48. The van der Waals surface area contributed by atoms with Gasteiger partial charge in [-0.1, -0.05) is 48.5 Å². The molecule has 3 rings (SSSR count). The lowest BCUT2D eigenvalue weighted by molar-refractivity contribution is -0.125. The Balaban J connectivity index is 2.08. The summed E-state index contributed by atoms with van der Waals surface area (Å²) in [5, 5.41) is 0. The first-order valence-electron chi connectivity index (χ1n) is 7.57. The number of amides is 1. The van der Waals surface area contributed by atoms with Gasteiger partial charge in [0.05, 0.1) is 0 Å². The van der Waals surface area contributed by atoms with Gasteiger partial charge in [0.1, 0.15) is 5.41 Å². The maximum Gasteiger partial charge on any atom is 0.241 e. The fourth-order valence-electron chi connectivity index (χ4n) is 3.19. The minimum absolute atomic E-state index is 0.106. The van der Waals surface area contributed by atoms with Crippen LogP contribution < -0.4 is 4.90 Å². The fourth-order valence-corrected chi connectivity index (χ4v) is 3.19. The quantitative estimate of drug-likeness (QED) is 0.642. The van der Waals surface area contributed by atoms with Crippen LogP contribution in [0.2, 0.25) is 0 Å². The van der Waals surface area contributed by atoms with E-state index in [-0.39, 0.29) is 11.7 Å². The van der Waals surface area contributed by atoms with E-state index in [1.807, 2.05) is 49.4 Å². The lowest BCUT2D eigenvalue weighted by Gasteiger charge is -2.39. The molecule has 112 valence electrons. The van der Waals surface area contributed by atoms with Crippen LogP contribution >= 0.6 is 0 Å². The molecular formula is C19H19NO2. The van der Waals surface area contributed by atoms with Crippen molar-refractivity contribution in [2.75, 3.05) is 11.4 Å². The average molecular weight is 293 g/mol. The number of anilines is 1. The molecule has 2 aromatic rings. The highest BCUT2D eigenvalue weighted by molar-refractivity contribution is 6.19. The molecule has 0 fully saturated rings. The maximum absolute atomic E-state index is 13.0. The van der Waals surface area contributed by atoms with Crippen LogP contribution in [0.3, 0.4) is 0 Å². The second-order valence-corrected chi connectivity index (χ2v) is 5.88. The minimum Gasteiger partial charge on any atom is -0.312 e. The van der Waals surface area contributed by atoms with E-state index in [1.54, 1.807) is 24.0 Å². The second-order valence-electron chi connectivity index (χ2n) is 5.88. The number of carbonyl (C=O) groups excluding carboxylic acids is 2. The zero-order chi connectivity index (χ0) is 15.7. The van der Waals surface area contributed by atoms with Crippen molar-refractivity contribution < 1.29 is 9.59 Å². The van der Waals surface area contributed by atoms with Gasteiger partial charge in [0, 0.05) is 17.8 Å². The van der Waals surface area contributed by atoms with Crippen LogP contribution in [0.15, 0.2) is 54.6 Å². The van der Waals surface area contributed by atoms with Gasteiger partial charge in [0.15, 0.2) is 5.78 Å². The number of benzene rings is 2. The van der Waals surface area contributed by atoms with Gasteiger partial charge in [-0.05, 0) is 31.9 Å². The highest BCUT2D eigenvalue weighted by Crippen LogP contribution is 2.39. The monoisotopic (exact) mass is 293 g/mol. The van der Waals surface area contributed by atoms with E-state index in [0.717, 1.165) is 11.3 Å². The molecule has 0 saturated heterocycles. The molecule has 1 amide bonds. The summed E-state index contributed by atoms with van der Waals surface area (Å²) in [6.45, 7) is 4.27. The molecule has 0 radical (unpaired) electrons. The summed E-state index contributed by atoms with van der Waals surface area (Å²) in [5.41, 5.74) is 1.53. The summed E-state index contributed by atoms with van der Waals surface area (Å²) < 4.78 is 0. The molecule has 0 spiro atoms. The number of fused-ring (bicyclic) bond motifs is 1. The van der Waals surface area contributed by atoms with Crippen molar-refractivity contribution in [1.82, 2.24) is 0 Å². The first kappa shape index (κ1) is 14.5. The van der Waals surface area contributed by atoms with Gasteiger partial charge in [-0.3, -0.25) is 9.59 Å². The summed E-state index contributed by atoms with van der Waals surface area (Å²) in [6.07, 6.45) is 0.451. The summed E-state index contributed by atoms with van der Waals surface area (Å²) in [7, 11) is 0. The van der Waals surface area contributed by atoms with E-state index < -0.39 is 5.41 Å². The van der Waals surface area contributed by atoms with Crippen LogP contribution in [0.1, 0.15) is 29.8 Å². The summed E-state index contributed by atoms with van der Waals surface area (Å²) >= 11 is 0. The van der Waals surface area contributed by atoms with Crippen LogP contribution in [0.4, 0.5) is 5.69 Å². The van der Waals surface area contributed by atoms with E-state index in [0.29, 0.717) is 18.5 Å². The smallest absolute Gasteiger partial charge is 0.241 e. The van der Waals surface area contributed by atoms with Crippen molar-refractivity contribution in [3.63, 3.8) is 0 Å². The van der Waals surface area contributed by atoms with Gasteiger partial charge in [-0.2, -0.15) is 0 Å². The molecule has 1 aliphatic heterocycles. The number of para-hydroxylation sites is 1. The first-order valence-corrected chi connectivity index (χ1v) is 7.57. The van der Waals surface area contributed by atoms with E-state index in [2.05, 4.69) is 0 Å². The Morgan fingerprint density at radius 2 is 1.73 bits per heavy atom. The molecule has 0 bridgehead atoms. The third-order valence-corrected chi connectivity index (χ3v) is 4.40. The number of carbonyl (C=O) groups is 2. The highest BCUT2D eigenvalue weighted by Gasteiger charge is 2.47. The van der Waals surface area contributed by atoms with Crippen LogP contribution in [0, 0.1) is 5.41 Å². The second kappa shape index (κ2) is 5.41. The number of rotatable bonds is 3. The SMILES string of the molecule is CCN1C(=O)C(C)(C(=O)c2ccccc2)Cc2ccccc21. The first-order chi connectivity index (χ1) is 10.6. The summed E-state index contributed by atoms with van der Waals surface area (Å²) in [4.78, 5) is 27.6. The normalized spacial score (nSPS) is 20.6. The molecule has 22 heavy (non-hydrogen) atoms. The van der Waals surface area contributed by atoms with E-state index in [4.69, 9.17) is 0 Å². The van der Waals surface area contributed by atoms with Crippen LogP contribution in [-0.4, -0.2) is 18.2 Å². The molecule has 0 aromatic heterocycles. The van der Waals surface area contributed by atoms with Crippen LogP contribution in [0.25, 0.3) is 0 Å². The maximum atomic E-state index is 13.0. The van der Waals surface area contributed by atoms with Crippen LogP contribution in [-0.2, 0) is 11.2 Å². The largest absolute Gasteiger partial charge is 0.312 e. The lowest BCUT2D eigenvalue weighted by Crippen LogP contribution is -2.51. The fraction of sp³-hybridized carbons (Fsp3) is 0.263. The Hall–Kier alpha value is -2.42. The number of ketones is 1. The molecule has 3 nitrogen and oxygen atoms in total. The number of hydrogen-bond donors (Lipinski definition) is 0. The van der Waals surface area contributed by atoms with Crippen molar-refractivity contribution >= 4 is 17.4 Å². The average Bonchev–Trinajstić information content (AvgIpc) is 2.56. The van der Waals surface area contributed by atoms with Crippen molar-refractivity contribution in [3.05, 3.63) is 65.7 Å². The van der Waals surface area contributed by atoms with Gasteiger partial charge < -0.3 is 4.90 Å². The molecule has 2 aromatic carbocycles. The molecule has 1 unspecified atom stereocenters.